The average molecular weight is 342 g/mol. The first-order chi connectivity index (χ1) is 11.4. The highest BCUT2D eigenvalue weighted by Crippen LogP contribution is 2.34. The van der Waals surface area contributed by atoms with Crippen molar-refractivity contribution in [3.05, 3.63) is 59.9 Å². The zero-order chi connectivity index (χ0) is 17.6. The number of hydrogen-bond donors (Lipinski definition) is 2. The van der Waals surface area contributed by atoms with Crippen LogP contribution in [0, 0.1) is 5.82 Å². The van der Waals surface area contributed by atoms with Crippen LogP contribution in [-0.4, -0.2) is 19.2 Å². The van der Waals surface area contributed by atoms with Crippen LogP contribution in [0.25, 0.3) is 0 Å². The van der Waals surface area contributed by atoms with Crippen LogP contribution in [0.15, 0.2) is 48.5 Å². The van der Waals surface area contributed by atoms with Crippen LogP contribution in [-0.2, 0) is 6.18 Å². The molecule has 0 fully saturated rings. The molecule has 2 aromatic carbocycles. The Kier molecular flexibility index (Phi) is 5.62. The molecular weight excluding hydrogens is 328 g/mol. The predicted octanol–water partition coefficient (Wildman–Crippen LogP) is 4.05. The number of alkyl halides is 3. The van der Waals surface area contributed by atoms with Gasteiger partial charge in [-0.25, -0.2) is 9.18 Å². The van der Waals surface area contributed by atoms with E-state index in [0.29, 0.717) is 5.75 Å². The predicted molar refractivity (Wildman–Crippen MR) is 80.4 cm³/mol. The highest BCUT2D eigenvalue weighted by Gasteiger charge is 2.33. The summed E-state index contributed by atoms with van der Waals surface area (Å²) < 4.78 is 56.4. The molecule has 2 N–H and O–H groups in total. The van der Waals surface area contributed by atoms with Crippen LogP contribution in [0.5, 0.6) is 5.75 Å². The maximum Gasteiger partial charge on any atom is 0.418 e. The number of hydrogen-bond acceptors (Lipinski definition) is 2. The molecule has 0 radical (unpaired) electrons. The number of urea groups is 1. The maximum atomic E-state index is 12.8. The van der Waals surface area contributed by atoms with Gasteiger partial charge >= 0.3 is 12.2 Å². The molecule has 0 atom stereocenters. The average Bonchev–Trinajstić information content (AvgIpc) is 2.53. The van der Waals surface area contributed by atoms with Gasteiger partial charge < -0.3 is 15.4 Å². The van der Waals surface area contributed by atoms with Crippen LogP contribution in [0.4, 0.5) is 28.0 Å². The van der Waals surface area contributed by atoms with E-state index in [1.54, 1.807) is 0 Å². The van der Waals surface area contributed by atoms with Crippen molar-refractivity contribution >= 4 is 11.7 Å². The fourth-order valence-corrected chi connectivity index (χ4v) is 1.87. The first kappa shape index (κ1) is 17.6. The van der Waals surface area contributed by atoms with Gasteiger partial charge in [-0.15, -0.1) is 0 Å². The summed E-state index contributed by atoms with van der Waals surface area (Å²) >= 11 is 0. The molecule has 0 heterocycles. The Morgan fingerprint density at radius 3 is 2.38 bits per heavy atom. The Morgan fingerprint density at radius 2 is 1.71 bits per heavy atom. The van der Waals surface area contributed by atoms with E-state index in [9.17, 15) is 22.4 Å². The first-order valence-electron chi connectivity index (χ1n) is 6.96. The molecule has 0 saturated heterocycles. The van der Waals surface area contributed by atoms with Gasteiger partial charge in [-0.1, -0.05) is 12.1 Å². The van der Waals surface area contributed by atoms with Crippen LogP contribution >= 0.6 is 0 Å². The monoisotopic (exact) mass is 342 g/mol. The molecule has 2 amide bonds. The molecule has 2 aromatic rings. The molecule has 0 bridgehead atoms. The van der Waals surface area contributed by atoms with Crippen molar-refractivity contribution in [1.29, 1.82) is 0 Å². The molecule has 8 heteroatoms. The van der Waals surface area contributed by atoms with E-state index in [4.69, 9.17) is 4.74 Å². The zero-order valence-electron chi connectivity index (χ0n) is 12.4. The molecule has 0 aliphatic carbocycles. The zero-order valence-corrected chi connectivity index (χ0v) is 12.4. The molecule has 24 heavy (non-hydrogen) atoms. The third kappa shape index (κ3) is 5.15. The largest absolute Gasteiger partial charge is 0.492 e. The summed E-state index contributed by atoms with van der Waals surface area (Å²) in [7, 11) is 0. The van der Waals surface area contributed by atoms with E-state index < -0.39 is 23.6 Å². The number of halogens is 4. The van der Waals surface area contributed by atoms with E-state index in [1.165, 1.54) is 36.4 Å². The van der Waals surface area contributed by atoms with Crippen molar-refractivity contribution in [2.45, 2.75) is 6.18 Å². The normalized spacial score (nSPS) is 11.0. The molecule has 128 valence electrons. The second-order valence-corrected chi connectivity index (χ2v) is 4.73. The summed E-state index contributed by atoms with van der Waals surface area (Å²) in [5, 5.41) is 4.52. The molecular formula is C16H14F4N2O2. The Hall–Kier alpha value is -2.77. The number of amides is 2. The molecule has 4 nitrogen and oxygen atoms in total. The summed E-state index contributed by atoms with van der Waals surface area (Å²) in [4.78, 5) is 11.7. The third-order valence-electron chi connectivity index (χ3n) is 2.95. The Labute approximate surface area is 135 Å². The van der Waals surface area contributed by atoms with Gasteiger partial charge in [0.15, 0.2) is 0 Å². The minimum Gasteiger partial charge on any atom is -0.492 e. The molecule has 0 spiro atoms. The molecule has 0 aromatic heterocycles. The van der Waals surface area contributed by atoms with Gasteiger partial charge in [0.2, 0.25) is 0 Å². The highest BCUT2D eigenvalue weighted by atomic mass is 19.4. The first-order valence-corrected chi connectivity index (χ1v) is 6.96. The number of rotatable bonds is 5. The number of anilines is 1. The number of ether oxygens (including phenoxy) is 1. The van der Waals surface area contributed by atoms with Crippen molar-refractivity contribution in [2.24, 2.45) is 0 Å². The number of carbonyl (C=O) groups is 1. The summed E-state index contributed by atoms with van der Waals surface area (Å²) in [5.41, 5.74) is -1.26. The second kappa shape index (κ2) is 7.67. The number of para-hydroxylation sites is 1. The molecule has 0 aliphatic rings. The van der Waals surface area contributed by atoms with Crippen LogP contribution in [0.1, 0.15) is 5.56 Å². The smallest absolute Gasteiger partial charge is 0.418 e. The van der Waals surface area contributed by atoms with Gasteiger partial charge in [-0.05, 0) is 36.4 Å². The van der Waals surface area contributed by atoms with Crippen LogP contribution in [0.2, 0.25) is 0 Å². The maximum absolute atomic E-state index is 12.8. The SMILES string of the molecule is O=C(NCCOc1ccc(F)cc1)Nc1ccccc1C(F)(F)F. The van der Waals surface area contributed by atoms with Crippen molar-refractivity contribution in [3.63, 3.8) is 0 Å². The standard InChI is InChI=1S/C16H14F4N2O2/c17-11-5-7-12(8-6-11)24-10-9-21-15(23)22-14-4-2-1-3-13(14)16(18,19)20/h1-8H,9-10H2,(H2,21,22,23). The fraction of sp³-hybridized carbons (Fsp3) is 0.188. The Balaban J connectivity index is 1.81. The number of carbonyl (C=O) groups excluding carboxylic acids is 1. The van der Waals surface area contributed by atoms with Crippen molar-refractivity contribution in [3.8, 4) is 5.75 Å². The van der Waals surface area contributed by atoms with E-state index in [0.717, 1.165) is 12.1 Å². The number of benzene rings is 2. The van der Waals surface area contributed by atoms with Crippen molar-refractivity contribution < 1.29 is 27.1 Å². The molecule has 0 aliphatic heterocycles. The lowest BCUT2D eigenvalue weighted by molar-refractivity contribution is -0.136. The second-order valence-electron chi connectivity index (χ2n) is 4.73. The van der Waals surface area contributed by atoms with Gasteiger partial charge in [0.25, 0.3) is 0 Å². The van der Waals surface area contributed by atoms with Gasteiger partial charge in [0.1, 0.15) is 18.2 Å². The Bertz CT molecular complexity index is 687. The van der Waals surface area contributed by atoms with Gasteiger partial charge in [-0.3, -0.25) is 0 Å². The minimum absolute atomic E-state index is 0.0669. The topological polar surface area (TPSA) is 50.4 Å². The van der Waals surface area contributed by atoms with Gasteiger partial charge in [-0.2, -0.15) is 13.2 Å². The summed E-state index contributed by atoms with van der Waals surface area (Å²) in [6, 6.07) is 9.20. The van der Waals surface area contributed by atoms with E-state index in [1.807, 2.05) is 0 Å². The minimum atomic E-state index is -4.56. The summed E-state index contributed by atoms with van der Waals surface area (Å²) in [5.74, 6) is 0.0178. The summed E-state index contributed by atoms with van der Waals surface area (Å²) in [6.07, 6.45) is -4.56. The van der Waals surface area contributed by atoms with E-state index >= 15 is 0 Å². The third-order valence-corrected chi connectivity index (χ3v) is 2.95. The lowest BCUT2D eigenvalue weighted by Crippen LogP contribution is -2.32. The van der Waals surface area contributed by atoms with Crippen LogP contribution in [0.3, 0.4) is 0 Å². The van der Waals surface area contributed by atoms with Crippen LogP contribution < -0.4 is 15.4 Å². The lowest BCUT2D eigenvalue weighted by Gasteiger charge is -2.14. The highest BCUT2D eigenvalue weighted by molar-refractivity contribution is 5.90. The fourth-order valence-electron chi connectivity index (χ4n) is 1.87. The van der Waals surface area contributed by atoms with Gasteiger partial charge in [0, 0.05) is 0 Å². The number of nitrogens with one attached hydrogen (secondary N) is 2. The summed E-state index contributed by atoms with van der Waals surface area (Å²) in [6.45, 7) is 0.150. The van der Waals surface area contributed by atoms with Crippen molar-refractivity contribution in [2.75, 3.05) is 18.5 Å². The Morgan fingerprint density at radius 1 is 1.04 bits per heavy atom. The molecule has 0 saturated carbocycles. The molecule has 0 unspecified atom stereocenters. The lowest BCUT2D eigenvalue weighted by atomic mass is 10.1. The molecule has 2 rings (SSSR count). The quantitative estimate of drug-likeness (QED) is 0.636. The van der Waals surface area contributed by atoms with Crippen molar-refractivity contribution in [1.82, 2.24) is 5.32 Å². The van der Waals surface area contributed by atoms with E-state index in [2.05, 4.69) is 10.6 Å². The van der Waals surface area contributed by atoms with E-state index in [-0.39, 0.29) is 18.8 Å². The van der Waals surface area contributed by atoms with Gasteiger partial charge in [0.05, 0.1) is 17.8 Å².